The first-order chi connectivity index (χ1) is 6.02. The van der Waals surface area contributed by atoms with Crippen molar-refractivity contribution in [2.45, 2.75) is 6.18 Å². The van der Waals surface area contributed by atoms with Gasteiger partial charge in [-0.15, -0.1) is 0 Å². The van der Waals surface area contributed by atoms with Gasteiger partial charge in [0.05, 0.1) is 5.56 Å². The van der Waals surface area contributed by atoms with E-state index in [1.165, 1.54) is 12.1 Å². The second-order valence-electron chi connectivity index (χ2n) is 1.97. The molecular formula is C8H6F3NO. The fourth-order valence-corrected chi connectivity index (χ4v) is 0.627. The number of hydrogen-bond acceptors (Lipinski definition) is 2. The Bertz CT molecular complexity index is 275. The SMILES string of the molecule is FC(F)(F)c1ccccc1.N=C=O. The molecule has 5 heteroatoms. The van der Waals surface area contributed by atoms with E-state index >= 15 is 0 Å². The van der Waals surface area contributed by atoms with E-state index in [9.17, 15) is 13.2 Å². The molecule has 1 aromatic rings. The summed E-state index contributed by atoms with van der Waals surface area (Å²) in [5.74, 6) is 0. The van der Waals surface area contributed by atoms with E-state index in [4.69, 9.17) is 10.2 Å². The van der Waals surface area contributed by atoms with Gasteiger partial charge in [0.15, 0.2) is 0 Å². The fraction of sp³-hybridized carbons (Fsp3) is 0.125. The lowest BCUT2D eigenvalue weighted by atomic mass is 10.2. The summed E-state index contributed by atoms with van der Waals surface area (Å²) in [5.41, 5.74) is -0.602. The molecule has 0 aliphatic heterocycles. The van der Waals surface area contributed by atoms with Gasteiger partial charge < -0.3 is 0 Å². The van der Waals surface area contributed by atoms with Gasteiger partial charge in [0.2, 0.25) is 6.08 Å². The molecule has 70 valence electrons. The van der Waals surface area contributed by atoms with E-state index in [2.05, 4.69) is 0 Å². The smallest absolute Gasteiger partial charge is 0.222 e. The maximum atomic E-state index is 11.8. The van der Waals surface area contributed by atoms with Crippen LogP contribution in [0.2, 0.25) is 0 Å². The summed E-state index contributed by atoms with van der Waals surface area (Å²) < 4.78 is 35.4. The number of isocyanates is 1. The number of carbonyl (C=O) groups excluding carboxylic acids is 1. The second kappa shape index (κ2) is 5.11. The summed E-state index contributed by atoms with van der Waals surface area (Å²) in [6.07, 6.45) is -3.46. The summed E-state index contributed by atoms with van der Waals surface area (Å²) in [6.45, 7) is 0. The normalized spacial score (nSPS) is 9.46. The van der Waals surface area contributed by atoms with Gasteiger partial charge in [0, 0.05) is 0 Å². The third-order valence-corrected chi connectivity index (χ3v) is 1.10. The number of rotatable bonds is 0. The highest BCUT2D eigenvalue weighted by atomic mass is 19.4. The zero-order valence-electron chi connectivity index (χ0n) is 6.43. The minimum absolute atomic E-state index is 0.602. The van der Waals surface area contributed by atoms with Crippen LogP contribution < -0.4 is 0 Å². The molecule has 0 unspecified atom stereocenters. The molecule has 13 heavy (non-hydrogen) atoms. The van der Waals surface area contributed by atoms with E-state index in [-0.39, 0.29) is 0 Å². The summed E-state index contributed by atoms with van der Waals surface area (Å²) in [4.78, 5) is 8.35. The highest BCUT2D eigenvalue weighted by Crippen LogP contribution is 2.28. The molecule has 0 aliphatic rings. The highest BCUT2D eigenvalue weighted by molar-refractivity contribution is 5.26. The molecule has 0 spiro atoms. The van der Waals surface area contributed by atoms with Crippen LogP contribution in [-0.4, -0.2) is 6.08 Å². The maximum absolute atomic E-state index is 11.8. The van der Waals surface area contributed by atoms with E-state index < -0.39 is 11.7 Å². The predicted octanol–water partition coefficient (Wildman–Crippen LogP) is 2.61. The zero-order chi connectivity index (χ0) is 10.3. The van der Waals surface area contributed by atoms with Crippen molar-refractivity contribution in [2.75, 3.05) is 0 Å². The van der Waals surface area contributed by atoms with Gasteiger partial charge in [0.25, 0.3) is 0 Å². The predicted molar refractivity (Wildman–Crippen MR) is 39.9 cm³/mol. The highest BCUT2D eigenvalue weighted by Gasteiger charge is 2.29. The molecule has 0 heterocycles. The van der Waals surface area contributed by atoms with Crippen LogP contribution >= 0.6 is 0 Å². The Morgan fingerprint density at radius 2 is 1.54 bits per heavy atom. The van der Waals surface area contributed by atoms with Crippen LogP contribution in [0.3, 0.4) is 0 Å². The third-order valence-electron chi connectivity index (χ3n) is 1.10. The molecule has 0 saturated carbocycles. The molecule has 0 aliphatic carbocycles. The summed E-state index contributed by atoms with van der Waals surface area (Å²) in [5, 5.41) is 5.40. The van der Waals surface area contributed by atoms with Crippen molar-refractivity contribution in [3.8, 4) is 0 Å². The lowest BCUT2D eigenvalue weighted by Gasteiger charge is -2.03. The molecule has 0 atom stereocenters. The summed E-state index contributed by atoms with van der Waals surface area (Å²) >= 11 is 0. The van der Waals surface area contributed by atoms with Gasteiger partial charge in [-0.25, -0.2) is 10.2 Å². The first-order valence-corrected chi connectivity index (χ1v) is 3.18. The van der Waals surface area contributed by atoms with Gasteiger partial charge >= 0.3 is 6.18 Å². The monoisotopic (exact) mass is 189 g/mol. The number of alkyl halides is 3. The van der Waals surface area contributed by atoms with Crippen LogP contribution in [0.5, 0.6) is 0 Å². The van der Waals surface area contributed by atoms with Crippen LogP contribution in [0.25, 0.3) is 0 Å². The second-order valence-corrected chi connectivity index (χ2v) is 1.97. The van der Waals surface area contributed by atoms with Gasteiger partial charge in [-0.3, -0.25) is 0 Å². The summed E-state index contributed by atoms with van der Waals surface area (Å²) in [7, 11) is 0. The standard InChI is InChI=1S/C7H5F3.CHNO/c8-7(9,10)6-4-2-1-3-5-6;2-1-3/h1-5H;2H. The third kappa shape index (κ3) is 4.76. The Labute approximate surface area is 72.5 Å². The average molecular weight is 189 g/mol. The molecule has 0 fully saturated rings. The van der Waals surface area contributed by atoms with Gasteiger partial charge in [-0.05, 0) is 0 Å². The van der Waals surface area contributed by atoms with Crippen molar-refractivity contribution < 1.29 is 18.0 Å². The Morgan fingerprint density at radius 1 is 1.15 bits per heavy atom. The molecule has 1 rings (SSSR count). The summed E-state index contributed by atoms with van der Waals surface area (Å²) in [6, 6.07) is 6.36. The van der Waals surface area contributed by atoms with E-state index in [0.29, 0.717) is 0 Å². The molecule has 0 saturated heterocycles. The molecule has 2 nitrogen and oxygen atoms in total. The van der Waals surface area contributed by atoms with E-state index in [0.717, 1.165) is 18.2 Å². The van der Waals surface area contributed by atoms with Crippen LogP contribution in [0, 0.1) is 5.41 Å². The molecule has 1 aromatic carbocycles. The van der Waals surface area contributed by atoms with Crippen molar-refractivity contribution in [1.82, 2.24) is 0 Å². The van der Waals surface area contributed by atoms with Crippen LogP contribution in [0.1, 0.15) is 5.56 Å². The lowest BCUT2D eigenvalue weighted by molar-refractivity contribution is -0.137. The van der Waals surface area contributed by atoms with Gasteiger partial charge in [0.1, 0.15) is 0 Å². The minimum atomic E-state index is -4.21. The van der Waals surface area contributed by atoms with Gasteiger partial charge in [-0.2, -0.15) is 13.2 Å². The first-order valence-electron chi connectivity index (χ1n) is 3.18. The first kappa shape index (κ1) is 11.4. The quantitative estimate of drug-likeness (QED) is 0.494. The lowest BCUT2D eigenvalue weighted by Crippen LogP contribution is -2.03. The number of hydrogen-bond donors (Lipinski definition) is 1. The van der Waals surface area contributed by atoms with E-state index in [1.807, 2.05) is 0 Å². The Kier molecular flexibility index (Phi) is 4.48. The minimum Gasteiger partial charge on any atom is -0.222 e. The number of nitrogens with one attached hydrogen (secondary N) is 1. The van der Waals surface area contributed by atoms with Crippen LogP contribution in [0.4, 0.5) is 13.2 Å². The van der Waals surface area contributed by atoms with Crippen molar-refractivity contribution in [1.29, 1.82) is 5.41 Å². The van der Waals surface area contributed by atoms with Crippen LogP contribution in [0.15, 0.2) is 30.3 Å². The number of halogens is 3. The maximum Gasteiger partial charge on any atom is 0.416 e. The average Bonchev–Trinajstić information content (AvgIpc) is 2.06. The zero-order valence-corrected chi connectivity index (χ0v) is 6.43. The van der Waals surface area contributed by atoms with Crippen molar-refractivity contribution in [3.63, 3.8) is 0 Å². The topological polar surface area (TPSA) is 40.9 Å². The van der Waals surface area contributed by atoms with Gasteiger partial charge in [-0.1, -0.05) is 30.3 Å². The fourth-order valence-electron chi connectivity index (χ4n) is 0.627. The molecule has 0 bridgehead atoms. The molecule has 0 amide bonds. The Balaban J connectivity index is 0.000000424. The van der Waals surface area contributed by atoms with Crippen molar-refractivity contribution in [3.05, 3.63) is 35.9 Å². The molecule has 0 radical (unpaired) electrons. The van der Waals surface area contributed by atoms with E-state index in [1.54, 1.807) is 6.07 Å². The van der Waals surface area contributed by atoms with Crippen molar-refractivity contribution >= 4 is 6.08 Å². The Morgan fingerprint density at radius 3 is 1.77 bits per heavy atom. The van der Waals surface area contributed by atoms with Crippen molar-refractivity contribution in [2.24, 2.45) is 0 Å². The van der Waals surface area contributed by atoms with Crippen LogP contribution in [-0.2, 0) is 11.0 Å². The molecule has 0 aromatic heterocycles. The number of benzene rings is 1. The molecule has 1 N–H and O–H groups in total. The Hall–Kier alpha value is -1.61. The molecular weight excluding hydrogens is 183 g/mol. The largest absolute Gasteiger partial charge is 0.416 e.